The lowest BCUT2D eigenvalue weighted by Crippen LogP contribution is -1.91. The van der Waals surface area contributed by atoms with Crippen LogP contribution in [0.15, 0.2) is 40.9 Å². The number of aryl methyl sites for hydroxylation is 1. The Labute approximate surface area is 119 Å². The summed E-state index contributed by atoms with van der Waals surface area (Å²) < 4.78 is 6.52. The van der Waals surface area contributed by atoms with Crippen molar-refractivity contribution in [3.05, 3.63) is 57.0 Å². The molecule has 0 heterocycles. The molecule has 4 heteroatoms. The third-order valence-corrected chi connectivity index (χ3v) is 3.37. The molecule has 0 aliphatic rings. The number of carbonyl (C=O) groups excluding carboxylic acids is 1. The van der Waals surface area contributed by atoms with Gasteiger partial charge in [0.05, 0.1) is 5.56 Å². The molecule has 92 valence electrons. The van der Waals surface area contributed by atoms with Crippen molar-refractivity contribution in [2.24, 2.45) is 0 Å². The van der Waals surface area contributed by atoms with Gasteiger partial charge in [0.1, 0.15) is 11.5 Å². The van der Waals surface area contributed by atoms with E-state index < -0.39 is 0 Å². The van der Waals surface area contributed by atoms with E-state index in [2.05, 4.69) is 15.9 Å². The van der Waals surface area contributed by atoms with Crippen molar-refractivity contribution in [2.75, 3.05) is 0 Å². The SMILES string of the molecule is Cc1cc(Oc2ccc(Br)cc2C=O)ccc1Cl. The summed E-state index contributed by atoms with van der Waals surface area (Å²) in [4.78, 5) is 11.0. The second-order valence-corrected chi connectivity index (χ2v) is 5.14. The zero-order valence-corrected chi connectivity index (χ0v) is 12.0. The first kappa shape index (κ1) is 13.1. The minimum Gasteiger partial charge on any atom is -0.457 e. The van der Waals surface area contributed by atoms with E-state index in [1.807, 2.05) is 19.1 Å². The molecule has 0 fully saturated rings. The van der Waals surface area contributed by atoms with E-state index in [0.29, 0.717) is 22.1 Å². The molecule has 2 aromatic carbocycles. The third kappa shape index (κ3) is 2.92. The average Bonchev–Trinajstić information content (AvgIpc) is 2.36. The molecule has 0 aromatic heterocycles. The fourth-order valence-electron chi connectivity index (χ4n) is 1.51. The Kier molecular flexibility index (Phi) is 4.04. The normalized spacial score (nSPS) is 10.2. The van der Waals surface area contributed by atoms with Crippen molar-refractivity contribution in [3.8, 4) is 11.5 Å². The number of halogens is 2. The Balaban J connectivity index is 2.33. The summed E-state index contributed by atoms with van der Waals surface area (Å²) in [7, 11) is 0. The van der Waals surface area contributed by atoms with E-state index in [1.165, 1.54) is 0 Å². The molecule has 2 rings (SSSR count). The van der Waals surface area contributed by atoms with Crippen molar-refractivity contribution in [1.82, 2.24) is 0 Å². The lowest BCUT2D eigenvalue weighted by atomic mass is 10.2. The quantitative estimate of drug-likeness (QED) is 0.741. The highest BCUT2D eigenvalue weighted by Gasteiger charge is 2.06. The van der Waals surface area contributed by atoms with E-state index in [-0.39, 0.29) is 0 Å². The van der Waals surface area contributed by atoms with E-state index in [9.17, 15) is 4.79 Å². The highest BCUT2D eigenvalue weighted by Crippen LogP contribution is 2.29. The van der Waals surface area contributed by atoms with Gasteiger partial charge in [0.2, 0.25) is 0 Å². The van der Waals surface area contributed by atoms with Crippen LogP contribution >= 0.6 is 27.5 Å². The van der Waals surface area contributed by atoms with Crippen LogP contribution in [0.4, 0.5) is 0 Å². The van der Waals surface area contributed by atoms with Crippen LogP contribution in [0.3, 0.4) is 0 Å². The summed E-state index contributed by atoms with van der Waals surface area (Å²) >= 11 is 9.26. The molecule has 0 amide bonds. The summed E-state index contributed by atoms with van der Waals surface area (Å²) in [6, 6.07) is 10.7. The smallest absolute Gasteiger partial charge is 0.153 e. The van der Waals surface area contributed by atoms with Gasteiger partial charge in [0.25, 0.3) is 0 Å². The third-order valence-electron chi connectivity index (χ3n) is 2.46. The van der Waals surface area contributed by atoms with Crippen LogP contribution in [-0.4, -0.2) is 6.29 Å². The average molecular weight is 326 g/mol. The fraction of sp³-hybridized carbons (Fsp3) is 0.0714. The number of aldehydes is 1. The van der Waals surface area contributed by atoms with E-state index >= 15 is 0 Å². The lowest BCUT2D eigenvalue weighted by Gasteiger charge is -2.09. The molecule has 0 atom stereocenters. The van der Waals surface area contributed by atoms with Crippen LogP contribution in [0.5, 0.6) is 11.5 Å². The van der Waals surface area contributed by atoms with Crippen LogP contribution in [0.25, 0.3) is 0 Å². The molecule has 0 aliphatic carbocycles. The maximum atomic E-state index is 11.0. The van der Waals surface area contributed by atoms with Crippen LogP contribution in [-0.2, 0) is 0 Å². The Morgan fingerprint density at radius 3 is 2.67 bits per heavy atom. The summed E-state index contributed by atoms with van der Waals surface area (Å²) in [5.74, 6) is 1.18. The topological polar surface area (TPSA) is 26.3 Å². The Hall–Kier alpha value is -1.32. The largest absolute Gasteiger partial charge is 0.457 e. The molecule has 2 nitrogen and oxygen atoms in total. The second-order valence-electron chi connectivity index (χ2n) is 3.81. The van der Waals surface area contributed by atoms with Crippen molar-refractivity contribution in [1.29, 1.82) is 0 Å². The van der Waals surface area contributed by atoms with Crippen LogP contribution in [0.2, 0.25) is 5.02 Å². The molecule has 0 aliphatic heterocycles. The van der Waals surface area contributed by atoms with Crippen LogP contribution < -0.4 is 4.74 Å². The van der Waals surface area contributed by atoms with Crippen molar-refractivity contribution >= 4 is 33.8 Å². The standard InChI is InChI=1S/C14H10BrClO2/c1-9-6-12(3-4-13(9)16)18-14-5-2-11(15)7-10(14)8-17/h2-8H,1H3. The van der Waals surface area contributed by atoms with Gasteiger partial charge in [-0.25, -0.2) is 0 Å². The van der Waals surface area contributed by atoms with Crippen LogP contribution in [0, 0.1) is 6.92 Å². The number of rotatable bonds is 3. The highest BCUT2D eigenvalue weighted by molar-refractivity contribution is 9.10. The predicted octanol–water partition coefficient (Wildman–Crippen LogP) is 5.02. The fourth-order valence-corrected chi connectivity index (χ4v) is 2.01. The van der Waals surface area contributed by atoms with E-state index in [0.717, 1.165) is 16.3 Å². The van der Waals surface area contributed by atoms with Crippen molar-refractivity contribution in [3.63, 3.8) is 0 Å². The number of benzene rings is 2. The Morgan fingerprint density at radius 1 is 1.22 bits per heavy atom. The minimum atomic E-state index is 0.497. The first-order chi connectivity index (χ1) is 8.60. The molecule has 0 N–H and O–H groups in total. The van der Waals surface area contributed by atoms with Crippen molar-refractivity contribution in [2.45, 2.75) is 6.92 Å². The Morgan fingerprint density at radius 2 is 2.00 bits per heavy atom. The zero-order chi connectivity index (χ0) is 13.1. The Bertz CT molecular complexity index is 596. The van der Waals surface area contributed by atoms with Gasteiger partial charge in [-0.1, -0.05) is 27.5 Å². The number of carbonyl (C=O) groups is 1. The maximum Gasteiger partial charge on any atom is 0.153 e. The van der Waals surface area contributed by atoms with Gasteiger partial charge in [-0.05, 0) is 48.9 Å². The molecule has 18 heavy (non-hydrogen) atoms. The number of hydrogen-bond donors (Lipinski definition) is 0. The zero-order valence-electron chi connectivity index (χ0n) is 9.61. The number of hydrogen-bond acceptors (Lipinski definition) is 2. The van der Waals surface area contributed by atoms with Gasteiger partial charge >= 0.3 is 0 Å². The molecule has 0 saturated carbocycles. The molecule has 2 aromatic rings. The maximum absolute atomic E-state index is 11.0. The van der Waals surface area contributed by atoms with Gasteiger partial charge in [0, 0.05) is 9.50 Å². The van der Waals surface area contributed by atoms with Gasteiger partial charge in [-0.2, -0.15) is 0 Å². The molecular formula is C14H10BrClO2. The van der Waals surface area contributed by atoms with E-state index in [1.54, 1.807) is 24.3 Å². The van der Waals surface area contributed by atoms with Crippen molar-refractivity contribution < 1.29 is 9.53 Å². The summed E-state index contributed by atoms with van der Waals surface area (Å²) in [5, 5.41) is 0.689. The van der Waals surface area contributed by atoms with Gasteiger partial charge in [-0.15, -0.1) is 0 Å². The minimum absolute atomic E-state index is 0.497. The monoisotopic (exact) mass is 324 g/mol. The van der Waals surface area contributed by atoms with Crippen LogP contribution in [0.1, 0.15) is 15.9 Å². The molecule has 0 radical (unpaired) electrons. The molecule has 0 spiro atoms. The first-order valence-electron chi connectivity index (χ1n) is 5.29. The van der Waals surface area contributed by atoms with E-state index in [4.69, 9.17) is 16.3 Å². The lowest BCUT2D eigenvalue weighted by molar-refractivity contribution is 0.112. The molecular weight excluding hydrogens is 316 g/mol. The molecule has 0 unspecified atom stereocenters. The summed E-state index contributed by atoms with van der Waals surface area (Å²) in [5.41, 5.74) is 1.43. The highest BCUT2D eigenvalue weighted by atomic mass is 79.9. The van der Waals surface area contributed by atoms with Gasteiger partial charge < -0.3 is 4.74 Å². The second kappa shape index (κ2) is 5.55. The number of ether oxygens (including phenoxy) is 1. The molecule has 0 saturated heterocycles. The summed E-state index contributed by atoms with van der Waals surface area (Å²) in [6.07, 6.45) is 0.767. The first-order valence-corrected chi connectivity index (χ1v) is 6.46. The van der Waals surface area contributed by atoms with Gasteiger partial charge in [-0.3, -0.25) is 4.79 Å². The molecule has 0 bridgehead atoms. The predicted molar refractivity (Wildman–Crippen MR) is 75.8 cm³/mol. The van der Waals surface area contributed by atoms with Gasteiger partial charge in [0.15, 0.2) is 6.29 Å². The summed E-state index contributed by atoms with van der Waals surface area (Å²) in [6.45, 7) is 1.90.